The highest BCUT2D eigenvalue weighted by molar-refractivity contribution is 7.09. The van der Waals surface area contributed by atoms with Crippen LogP contribution < -0.4 is 9.47 Å². The topological polar surface area (TPSA) is 42.0 Å². The number of ether oxygens (including phenoxy) is 2. The SMILES string of the molecule is COc1cc(C(=O)N2CCN(Cc3cccs3)CC2)cc(Cl)c1OC. The van der Waals surface area contributed by atoms with Crippen LogP contribution in [0.25, 0.3) is 0 Å². The molecule has 5 nitrogen and oxygen atoms in total. The van der Waals surface area contributed by atoms with Crippen molar-refractivity contribution in [2.45, 2.75) is 6.54 Å². The highest BCUT2D eigenvalue weighted by atomic mass is 35.5. The second-order valence-corrected chi connectivity index (χ2v) is 7.28. The van der Waals surface area contributed by atoms with Crippen molar-refractivity contribution >= 4 is 28.8 Å². The number of hydrogen-bond donors (Lipinski definition) is 0. The molecule has 0 bridgehead atoms. The molecular formula is C18H21ClN2O3S. The number of benzene rings is 1. The van der Waals surface area contributed by atoms with Crippen LogP contribution in [-0.4, -0.2) is 56.1 Å². The zero-order chi connectivity index (χ0) is 17.8. The summed E-state index contributed by atoms with van der Waals surface area (Å²) in [6, 6.07) is 7.54. The Morgan fingerprint density at radius 1 is 1.20 bits per heavy atom. The van der Waals surface area contributed by atoms with Gasteiger partial charge in [0.2, 0.25) is 0 Å². The standard InChI is InChI=1S/C18H21ClN2O3S/c1-23-16-11-13(10-15(19)17(16)24-2)18(22)21-7-5-20(6-8-21)12-14-4-3-9-25-14/h3-4,9-11H,5-8,12H2,1-2H3. The van der Waals surface area contributed by atoms with Crippen molar-refractivity contribution in [2.75, 3.05) is 40.4 Å². The Morgan fingerprint density at radius 2 is 1.96 bits per heavy atom. The van der Waals surface area contributed by atoms with Crippen molar-refractivity contribution in [3.63, 3.8) is 0 Å². The third kappa shape index (κ3) is 4.08. The molecule has 1 aromatic heterocycles. The molecular weight excluding hydrogens is 360 g/mol. The maximum absolute atomic E-state index is 12.8. The van der Waals surface area contributed by atoms with E-state index in [4.69, 9.17) is 21.1 Å². The van der Waals surface area contributed by atoms with E-state index in [0.29, 0.717) is 35.2 Å². The third-order valence-corrected chi connectivity index (χ3v) is 5.44. The molecule has 1 aromatic carbocycles. The molecule has 1 aliphatic heterocycles. The minimum Gasteiger partial charge on any atom is -0.493 e. The Morgan fingerprint density at radius 3 is 2.56 bits per heavy atom. The molecule has 7 heteroatoms. The number of thiophene rings is 1. The predicted octanol–water partition coefficient (Wildman–Crippen LogP) is 3.38. The highest BCUT2D eigenvalue weighted by Gasteiger charge is 2.24. The first-order valence-corrected chi connectivity index (χ1v) is 9.33. The number of hydrogen-bond acceptors (Lipinski definition) is 5. The summed E-state index contributed by atoms with van der Waals surface area (Å²) in [6.07, 6.45) is 0. The van der Waals surface area contributed by atoms with Crippen LogP contribution in [0.4, 0.5) is 0 Å². The van der Waals surface area contributed by atoms with Crippen molar-refractivity contribution in [3.05, 3.63) is 45.1 Å². The minimum atomic E-state index is -0.0290. The molecule has 0 radical (unpaired) electrons. The molecule has 0 N–H and O–H groups in total. The van der Waals surface area contributed by atoms with E-state index < -0.39 is 0 Å². The second-order valence-electron chi connectivity index (χ2n) is 5.84. The third-order valence-electron chi connectivity index (χ3n) is 4.30. The first-order valence-electron chi connectivity index (χ1n) is 8.08. The Labute approximate surface area is 156 Å². The quantitative estimate of drug-likeness (QED) is 0.797. The van der Waals surface area contributed by atoms with Crippen LogP contribution in [0.5, 0.6) is 11.5 Å². The summed E-state index contributed by atoms with van der Waals surface area (Å²) in [6.45, 7) is 4.09. The molecule has 2 aromatic rings. The minimum absolute atomic E-state index is 0.0290. The number of methoxy groups -OCH3 is 2. The molecule has 1 aliphatic rings. The average molecular weight is 381 g/mol. The molecule has 0 aliphatic carbocycles. The van der Waals surface area contributed by atoms with Gasteiger partial charge in [0.1, 0.15) is 0 Å². The summed E-state index contributed by atoms with van der Waals surface area (Å²) < 4.78 is 10.5. The molecule has 0 saturated carbocycles. The fourth-order valence-corrected chi connectivity index (χ4v) is 3.99. The molecule has 1 amide bonds. The maximum Gasteiger partial charge on any atom is 0.254 e. The van der Waals surface area contributed by atoms with Gasteiger partial charge in [0, 0.05) is 43.2 Å². The number of amides is 1. The lowest BCUT2D eigenvalue weighted by Crippen LogP contribution is -2.48. The number of halogens is 1. The summed E-state index contributed by atoms with van der Waals surface area (Å²) in [5.41, 5.74) is 0.523. The summed E-state index contributed by atoms with van der Waals surface area (Å²) in [5.74, 6) is 0.884. The van der Waals surface area contributed by atoms with Gasteiger partial charge in [-0.3, -0.25) is 9.69 Å². The molecule has 134 valence electrons. The van der Waals surface area contributed by atoms with Crippen molar-refractivity contribution < 1.29 is 14.3 Å². The molecule has 25 heavy (non-hydrogen) atoms. The number of carbonyl (C=O) groups is 1. The normalized spacial score (nSPS) is 15.2. The van der Waals surface area contributed by atoms with E-state index in [9.17, 15) is 4.79 Å². The molecule has 0 atom stereocenters. The van der Waals surface area contributed by atoms with Crippen molar-refractivity contribution in [3.8, 4) is 11.5 Å². The Hall–Kier alpha value is -1.76. The van der Waals surface area contributed by atoms with E-state index in [1.807, 2.05) is 4.90 Å². The summed E-state index contributed by atoms with van der Waals surface area (Å²) in [4.78, 5) is 18.4. The molecule has 0 unspecified atom stereocenters. The number of carbonyl (C=O) groups excluding carboxylic acids is 1. The summed E-state index contributed by atoms with van der Waals surface area (Å²) >= 11 is 7.98. The lowest BCUT2D eigenvalue weighted by atomic mass is 10.1. The van der Waals surface area contributed by atoms with Crippen LogP contribution in [0.1, 0.15) is 15.2 Å². The zero-order valence-electron chi connectivity index (χ0n) is 14.3. The Bertz CT molecular complexity index is 728. The van der Waals surface area contributed by atoms with E-state index in [1.165, 1.54) is 19.1 Å². The first-order chi connectivity index (χ1) is 12.1. The predicted molar refractivity (Wildman–Crippen MR) is 100 cm³/mol. The maximum atomic E-state index is 12.8. The Balaban J connectivity index is 1.65. The fraction of sp³-hybridized carbons (Fsp3) is 0.389. The average Bonchev–Trinajstić information content (AvgIpc) is 3.14. The lowest BCUT2D eigenvalue weighted by molar-refractivity contribution is 0.0629. The van der Waals surface area contributed by atoms with Crippen LogP contribution in [0.15, 0.2) is 29.6 Å². The lowest BCUT2D eigenvalue weighted by Gasteiger charge is -2.34. The first kappa shape index (κ1) is 18.0. The van der Waals surface area contributed by atoms with E-state index in [1.54, 1.807) is 23.5 Å². The molecule has 2 heterocycles. The van der Waals surface area contributed by atoms with Gasteiger partial charge in [0.25, 0.3) is 5.91 Å². The van der Waals surface area contributed by atoms with Gasteiger partial charge < -0.3 is 14.4 Å². The van der Waals surface area contributed by atoms with Gasteiger partial charge >= 0.3 is 0 Å². The van der Waals surface area contributed by atoms with E-state index in [0.717, 1.165) is 19.6 Å². The number of nitrogens with zero attached hydrogens (tertiary/aromatic N) is 2. The largest absolute Gasteiger partial charge is 0.493 e. The molecule has 1 saturated heterocycles. The van der Waals surface area contributed by atoms with Crippen LogP contribution in [0.2, 0.25) is 5.02 Å². The van der Waals surface area contributed by atoms with Gasteiger partial charge in [-0.2, -0.15) is 0 Å². The van der Waals surface area contributed by atoms with Crippen molar-refractivity contribution in [1.82, 2.24) is 9.80 Å². The zero-order valence-corrected chi connectivity index (χ0v) is 15.9. The molecule has 1 fully saturated rings. The van der Waals surface area contributed by atoms with E-state index >= 15 is 0 Å². The molecule has 3 rings (SSSR count). The van der Waals surface area contributed by atoms with Crippen LogP contribution in [0.3, 0.4) is 0 Å². The van der Waals surface area contributed by atoms with Gasteiger partial charge in [-0.15, -0.1) is 11.3 Å². The summed E-state index contributed by atoms with van der Waals surface area (Å²) in [7, 11) is 3.06. The van der Waals surface area contributed by atoms with Crippen LogP contribution >= 0.6 is 22.9 Å². The highest BCUT2D eigenvalue weighted by Crippen LogP contribution is 2.36. The monoisotopic (exact) mass is 380 g/mol. The van der Waals surface area contributed by atoms with Gasteiger partial charge in [-0.25, -0.2) is 0 Å². The number of piperazine rings is 1. The van der Waals surface area contributed by atoms with Crippen LogP contribution in [0, 0.1) is 0 Å². The van der Waals surface area contributed by atoms with Crippen molar-refractivity contribution in [2.24, 2.45) is 0 Å². The second kappa shape index (κ2) is 8.08. The Kier molecular flexibility index (Phi) is 5.83. The smallest absolute Gasteiger partial charge is 0.254 e. The van der Waals surface area contributed by atoms with Gasteiger partial charge in [-0.05, 0) is 23.6 Å². The van der Waals surface area contributed by atoms with Crippen molar-refractivity contribution in [1.29, 1.82) is 0 Å². The fourth-order valence-electron chi connectivity index (χ4n) is 2.96. The van der Waals surface area contributed by atoms with E-state index in [-0.39, 0.29) is 5.91 Å². The van der Waals surface area contributed by atoms with E-state index in [2.05, 4.69) is 22.4 Å². The number of rotatable bonds is 5. The van der Waals surface area contributed by atoms with Crippen LogP contribution in [-0.2, 0) is 6.54 Å². The van der Waals surface area contributed by atoms with Gasteiger partial charge in [0.05, 0.1) is 19.2 Å². The summed E-state index contributed by atoms with van der Waals surface area (Å²) in [5, 5.41) is 2.47. The van der Waals surface area contributed by atoms with Gasteiger partial charge in [-0.1, -0.05) is 17.7 Å². The molecule has 0 spiro atoms. The van der Waals surface area contributed by atoms with Gasteiger partial charge in [0.15, 0.2) is 11.5 Å².